The summed E-state index contributed by atoms with van der Waals surface area (Å²) < 4.78 is 12.2. The standard InChI is InChI=1S/C17H20NO2PS/c1-13-14(2)20-21(22,19-13)17(15-9-5-3-6-10-15)18-16-11-7-4-8-12-16/h3-14,17-18H,1-2H3/t13-,14-,17-/m0/s1. The van der Waals surface area contributed by atoms with Crippen LogP contribution in [0.5, 0.6) is 0 Å². The van der Waals surface area contributed by atoms with Crippen molar-refractivity contribution in [3.05, 3.63) is 66.2 Å². The third-order valence-corrected chi connectivity index (χ3v) is 7.26. The number of nitrogens with one attached hydrogen (secondary N) is 1. The Bertz CT molecular complexity index is 651. The molecule has 0 amide bonds. The van der Waals surface area contributed by atoms with E-state index in [1.807, 2.05) is 62.4 Å². The first-order valence-electron chi connectivity index (χ1n) is 7.41. The van der Waals surface area contributed by atoms with Gasteiger partial charge in [0.15, 0.2) is 0 Å². The Morgan fingerprint density at radius 3 is 1.95 bits per heavy atom. The van der Waals surface area contributed by atoms with Crippen molar-refractivity contribution in [2.24, 2.45) is 0 Å². The molecule has 1 heterocycles. The minimum Gasteiger partial charge on any atom is -0.370 e. The van der Waals surface area contributed by atoms with Crippen molar-refractivity contribution in [3.8, 4) is 0 Å². The van der Waals surface area contributed by atoms with Crippen molar-refractivity contribution >= 4 is 24.0 Å². The second kappa shape index (κ2) is 6.51. The topological polar surface area (TPSA) is 30.5 Å². The van der Waals surface area contributed by atoms with Crippen molar-refractivity contribution < 1.29 is 9.05 Å². The molecule has 0 spiro atoms. The van der Waals surface area contributed by atoms with Gasteiger partial charge in [-0.3, -0.25) is 0 Å². The average Bonchev–Trinajstić information content (AvgIpc) is 2.80. The van der Waals surface area contributed by atoms with Crippen LogP contribution in [0.1, 0.15) is 25.2 Å². The predicted octanol–water partition coefficient (Wildman–Crippen LogP) is 4.93. The van der Waals surface area contributed by atoms with Crippen LogP contribution in [0, 0.1) is 0 Å². The lowest BCUT2D eigenvalue weighted by molar-refractivity contribution is 0.187. The average molecular weight is 333 g/mol. The smallest absolute Gasteiger partial charge is 0.216 e. The fraction of sp³-hybridized carbons (Fsp3) is 0.294. The highest BCUT2D eigenvalue weighted by molar-refractivity contribution is 8.10. The summed E-state index contributed by atoms with van der Waals surface area (Å²) in [5.74, 6) is -0.154. The molecular weight excluding hydrogens is 313 g/mol. The van der Waals surface area contributed by atoms with E-state index in [-0.39, 0.29) is 18.0 Å². The normalized spacial score (nSPS) is 24.8. The molecule has 0 aromatic heterocycles. The van der Waals surface area contributed by atoms with Crippen LogP contribution in [0.3, 0.4) is 0 Å². The number of anilines is 1. The zero-order chi connectivity index (χ0) is 15.6. The lowest BCUT2D eigenvalue weighted by Crippen LogP contribution is -2.13. The molecule has 3 atom stereocenters. The van der Waals surface area contributed by atoms with Crippen LogP contribution >= 0.6 is 6.49 Å². The molecule has 2 aromatic rings. The van der Waals surface area contributed by atoms with Crippen LogP contribution in [0.25, 0.3) is 0 Å². The maximum absolute atomic E-state index is 6.09. The van der Waals surface area contributed by atoms with Crippen LogP contribution in [0.15, 0.2) is 60.7 Å². The molecule has 3 rings (SSSR count). The largest absolute Gasteiger partial charge is 0.370 e. The maximum Gasteiger partial charge on any atom is 0.216 e. The summed E-state index contributed by atoms with van der Waals surface area (Å²) in [4.78, 5) is 0. The van der Waals surface area contributed by atoms with E-state index in [0.29, 0.717) is 0 Å². The first kappa shape index (κ1) is 15.7. The van der Waals surface area contributed by atoms with Crippen LogP contribution in [0.2, 0.25) is 0 Å². The van der Waals surface area contributed by atoms with E-state index in [1.165, 1.54) is 0 Å². The fourth-order valence-corrected chi connectivity index (χ4v) is 6.20. The Morgan fingerprint density at radius 2 is 1.41 bits per heavy atom. The number of hydrogen-bond acceptors (Lipinski definition) is 4. The molecule has 0 unspecified atom stereocenters. The Hall–Kier alpha value is -1.19. The van der Waals surface area contributed by atoms with Gasteiger partial charge in [-0.05, 0) is 43.4 Å². The summed E-state index contributed by atoms with van der Waals surface area (Å²) in [6.45, 7) is 1.58. The van der Waals surface area contributed by atoms with Gasteiger partial charge >= 0.3 is 0 Å². The highest BCUT2D eigenvalue weighted by Gasteiger charge is 2.42. The second-order valence-corrected chi connectivity index (χ2v) is 9.03. The van der Waals surface area contributed by atoms with Gasteiger partial charge in [0.2, 0.25) is 6.49 Å². The first-order chi connectivity index (χ1) is 10.6. The van der Waals surface area contributed by atoms with Gasteiger partial charge in [-0.25, -0.2) is 0 Å². The van der Waals surface area contributed by atoms with E-state index in [9.17, 15) is 0 Å². The van der Waals surface area contributed by atoms with Gasteiger partial charge in [-0.1, -0.05) is 48.5 Å². The van der Waals surface area contributed by atoms with E-state index >= 15 is 0 Å². The molecule has 2 aromatic carbocycles. The van der Waals surface area contributed by atoms with E-state index < -0.39 is 6.49 Å². The monoisotopic (exact) mass is 333 g/mol. The molecule has 1 fully saturated rings. The summed E-state index contributed by atoms with van der Waals surface area (Å²) in [5, 5.41) is 3.51. The minimum absolute atomic E-state index is 0.0228. The molecule has 1 N–H and O–H groups in total. The zero-order valence-electron chi connectivity index (χ0n) is 12.7. The molecule has 0 radical (unpaired) electrons. The molecule has 0 bridgehead atoms. The van der Waals surface area contributed by atoms with Gasteiger partial charge in [-0.2, -0.15) is 0 Å². The van der Waals surface area contributed by atoms with E-state index in [0.717, 1.165) is 11.3 Å². The van der Waals surface area contributed by atoms with Crippen LogP contribution < -0.4 is 5.32 Å². The van der Waals surface area contributed by atoms with Crippen molar-refractivity contribution in [3.63, 3.8) is 0 Å². The van der Waals surface area contributed by atoms with Crippen molar-refractivity contribution in [2.45, 2.75) is 31.8 Å². The van der Waals surface area contributed by atoms with Gasteiger partial charge in [0.25, 0.3) is 0 Å². The van der Waals surface area contributed by atoms with Gasteiger partial charge in [0.05, 0.1) is 12.2 Å². The number of benzene rings is 2. The SMILES string of the molecule is C[C@@H]1OP(=S)([C@H](Nc2ccccc2)c2ccccc2)O[C@H]1C. The van der Waals surface area contributed by atoms with Crippen LogP contribution in [0.4, 0.5) is 5.69 Å². The summed E-state index contributed by atoms with van der Waals surface area (Å²) in [6.07, 6.45) is 0.0456. The Morgan fingerprint density at radius 1 is 0.909 bits per heavy atom. The molecule has 22 heavy (non-hydrogen) atoms. The Balaban J connectivity index is 1.95. The molecule has 0 saturated carbocycles. The van der Waals surface area contributed by atoms with Crippen LogP contribution in [-0.4, -0.2) is 12.2 Å². The lowest BCUT2D eigenvalue weighted by Gasteiger charge is -2.28. The molecule has 1 saturated heterocycles. The third kappa shape index (κ3) is 3.26. The molecular formula is C17H20NO2PS. The van der Waals surface area contributed by atoms with Gasteiger partial charge in [-0.15, -0.1) is 0 Å². The molecule has 5 heteroatoms. The fourth-order valence-electron chi connectivity index (χ4n) is 2.45. The van der Waals surface area contributed by atoms with E-state index in [2.05, 4.69) is 17.4 Å². The second-order valence-electron chi connectivity index (χ2n) is 5.48. The van der Waals surface area contributed by atoms with E-state index in [4.69, 9.17) is 20.9 Å². The van der Waals surface area contributed by atoms with Crippen LogP contribution in [-0.2, 0) is 20.9 Å². The minimum atomic E-state index is -2.46. The Labute approximate surface area is 136 Å². The molecule has 1 aliphatic heterocycles. The van der Waals surface area contributed by atoms with Crippen molar-refractivity contribution in [2.75, 3.05) is 5.32 Å². The lowest BCUT2D eigenvalue weighted by atomic mass is 10.2. The first-order valence-corrected chi connectivity index (χ1v) is 10.1. The summed E-state index contributed by atoms with van der Waals surface area (Å²) in [5.41, 5.74) is 2.11. The number of rotatable bonds is 4. The maximum atomic E-state index is 6.09. The molecule has 1 aliphatic rings. The summed E-state index contributed by atoms with van der Waals surface area (Å²) in [7, 11) is 0. The van der Waals surface area contributed by atoms with Crippen molar-refractivity contribution in [1.29, 1.82) is 0 Å². The van der Waals surface area contributed by atoms with Crippen molar-refractivity contribution in [1.82, 2.24) is 0 Å². The molecule has 116 valence electrons. The highest BCUT2D eigenvalue weighted by Crippen LogP contribution is 2.66. The third-order valence-electron chi connectivity index (χ3n) is 3.80. The van der Waals surface area contributed by atoms with E-state index in [1.54, 1.807) is 0 Å². The Kier molecular flexibility index (Phi) is 4.65. The predicted molar refractivity (Wildman–Crippen MR) is 94.6 cm³/mol. The molecule has 0 aliphatic carbocycles. The quantitative estimate of drug-likeness (QED) is 0.804. The van der Waals surface area contributed by atoms with Gasteiger partial charge in [0.1, 0.15) is 5.78 Å². The zero-order valence-corrected chi connectivity index (χ0v) is 14.4. The number of para-hydroxylation sites is 1. The number of hydrogen-bond donors (Lipinski definition) is 1. The van der Waals surface area contributed by atoms with Gasteiger partial charge in [0, 0.05) is 5.69 Å². The summed E-state index contributed by atoms with van der Waals surface area (Å²) >= 11 is 5.83. The highest BCUT2D eigenvalue weighted by atomic mass is 32.5. The molecule has 3 nitrogen and oxygen atoms in total. The summed E-state index contributed by atoms with van der Waals surface area (Å²) in [6, 6.07) is 20.2. The van der Waals surface area contributed by atoms with Gasteiger partial charge < -0.3 is 14.4 Å².